The van der Waals surface area contributed by atoms with Crippen molar-refractivity contribution in [1.29, 1.82) is 5.26 Å². The van der Waals surface area contributed by atoms with Crippen molar-refractivity contribution in [3.8, 4) is 6.07 Å². The van der Waals surface area contributed by atoms with Gasteiger partial charge in [-0.1, -0.05) is 18.2 Å². The fraction of sp³-hybridized carbons (Fsp3) is 0.211. The number of nitriles is 1. The number of rotatable bonds is 7. The molecule has 9 heteroatoms. The Kier molecular flexibility index (Phi) is 6.65. The Balaban J connectivity index is 2.17. The highest BCUT2D eigenvalue weighted by atomic mass is 16.6. The van der Waals surface area contributed by atoms with Crippen molar-refractivity contribution >= 4 is 28.9 Å². The van der Waals surface area contributed by atoms with Crippen molar-refractivity contribution in [2.75, 3.05) is 17.2 Å². The van der Waals surface area contributed by atoms with Crippen LogP contribution in [0, 0.1) is 21.4 Å². The van der Waals surface area contributed by atoms with Crippen LogP contribution >= 0.6 is 0 Å². The van der Waals surface area contributed by atoms with Gasteiger partial charge in [-0.25, -0.2) is 4.79 Å². The first-order valence-electron chi connectivity index (χ1n) is 8.33. The number of ether oxygens (including phenoxy) is 1. The monoisotopic (exact) mass is 382 g/mol. The Labute approximate surface area is 161 Å². The zero-order valence-corrected chi connectivity index (χ0v) is 15.1. The lowest BCUT2D eigenvalue weighted by Crippen LogP contribution is -2.40. The molecule has 0 bridgehead atoms. The van der Waals surface area contributed by atoms with Gasteiger partial charge in [0, 0.05) is 18.3 Å². The van der Waals surface area contributed by atoms with Gasteiger partial charge in [0.15, 0.2) is 6.10 Å². The standard InChI is InChI=1S/C19H18N4O5/c1-13(18(24)22(11-5-10-20)15-6-3-2-4-7-15)28-19(25)14-8-9-16(21)17(12-14)23(26)27/h2-4,6-9,12-13H,5,11,21H2,1H3/t13-/m1/s1. The molecule has 0 heterocycles. The minimum Gasteiger partial charge on any atom is -0.449 e. The molecule has 2 aromatic carbocycles. The van der Waals surface area contributed by atoms with E-state index in [0.717, 1.165) is 6.07 Å². The van der Waals surface area contributed by atoms with E-state index < -0.39 is 28.6 Å². The molecule has 0 aliphatic carbocycles. The van der Waals surface area contributed by atoms with Gasteiger partial charge in [-0.3, -0.25) is 14.9 Å². The molecule has 0 aliphatic rings. The fourth-order valence-corrected chi connectivity index (χ4v) is 2.46. The van der Waals surface area contributed by atoms with E-state index in [9.17, 15) is 19.7 Å². The molecule has 144 valence electrons. The molecular formula is C19H18N4O5. The van der Waals surface area contributed by atoms with E-state index in [1.54, 1.807) is 30.3 Å². The predicted octanol–water partition coefficient (Wildman–Crippen LogP) is 2.67. The maximum Gasteiger partial charge on any atom is 0.339 e. The third-order valence-corrected chi connectivity index (χ3v) is 3.88. The Bertz CT molecular complexity index is 924. The summed E-state index contributed by atoms with van der Waals surface area (Å²) in [6.07, 6.45) is -1.06. The zero-order chi connectivity index (χ0) is 20.7. The Morgan fingerprint density at radius 3 is 2.57 bits per heavy atom. The Hall–Kier alpha value is -3.93. The second kappa shape index (κ2) is 9.14. The highest BCUT2D eigenvalue weighted by Crippen LogP contribution is 2.23. The van der Waals surface area contributed by atoms with Crippen LogP contribution in [-0.2, 0) is 9.53 Å². The molecule has 0 spiro atoms. The van der Waals surface area contributed by atoms with Gasteiger partial charge in [-0.05, 0) is 31.2 Å². The number of carbonyl (C=O) groups is 2. The summed E-state index contributed by atoms with van der Waals surface area (Å²) < 4.78 is 5.18. The van der Waals surface area contributed by atoms with Crippen molar-refractivity contribution in [3.63, 3.8) is 0 Å². The molecule has 0 fully saturated rings. The number of anilines is 2. The SMILES string of the molecule is C[C@@H](OC(=O)c1ccc(N)c([N+](=O)[O-])c1)C(=O)N(CCC#N)c1ccccc1. The number of benzene rings is 2. The first kappa shape index (κ1) is 20.4. The van der Waals surface area contributed by atoms with Gasteiger partial charge in [0.05, 0.1) is 23.0 Å². The lowest BCUT2D eigenvalue weighted by molar-refractivity contribution is -0.383. The topological polar surface area (TPSA) is 140 Å². The van der Waals surface area contributed by atoms with Gasteiger partial charge in [-0.2, -0.15) is 5.26 Å². The number of hydrogen-bond donors (Lipinski definition) is 1. The van der Waals surface area contributed by atoms with E-state index >= 15 is 0 Å². The predicted molar refractivity (Wildman–Crippen MR) is 101 cm³/mol. The average Bonchev–Trinajstić information content (AvgIpc) is 2.68. The first-order valence-corrected chi connectivity index (χ1v) is 8.33. The van der Waals surface area contributed by atoms with Crippen LogP contribution in [-0.4, -0.2) is 29.4 Å². The number of hydrogen-bond acceptors (Lipinski definition) is 7. The van der Waals surface area contributed by atoms with Crippen molar-refractivity contribution < 1.29 is 19.2 Å². The summed E-state index contributed by atoms with van der Waals surface area (Å²) >= 11 is 0. The Morgan fingerprint density at radius 2 is 1.96 bits per heavy atom. The fourth-order valence-electron chi connectivity index (χ4n) is 2.46. The number of nitrogen functional groups attached to an aromatic ring is 1. The van der Waals surface area contributed by atoms with E-state index in [4.69, 9.17) is 15.7 Å². The quantitative estimate of drug-likeness (QED) is 0.336. The number of nitro benzene ring substituents is 1. The molecule has 1 atom stereocenters. The average molecular weight is 382 g/mol. The number of para-hydroxylation sites is 1. The van der Waals surface area contributed by atoms with Crippen molar-refractivity contribution in [1.82, 2.24) is 0 Å². The summed E-state index contributed by atoms with van der Waals surface area (Å²) in [7, 11) is 0. The minimum absolute atomic E-state index is 0.0857. The summed E-state index contributed by atoms with van der Waals surface area (Å²) in [5.41, 5.74) is 5.47. The normalized spacial score (nSPS) is 11.1. The van der Waals surface area contributed by atoms with Crippen LogP contribution in [0.4, 0.5) is 17.1 Å². The van der Waals surface area contributed by atoms with Gasteiger partial charge in [-0.15, -0.1) is 0 Å². The molecule has 2 rings (SSSR count). The van der Waals surface area contributed by atoms with E-state index in [0.29, 0.717) is 5.69 Å². The van der Waals surface area contributed by atoms with Crippen LogP contribution in [0.5, 0.6) is 0 Å². The summed E-state index contributed by atoms with van der Waals surface area (Å²) in [5, 5.41) is 19.8. The molecule has 9 nitrogen and oxygen atoms in total. The molecule has 0 aliphatic heterocycles. The molecule has 0 aromatic heterocycles. The number of amides is 1. The minimum atomic E-state index is -1.16. The van der Waals surface area contributed by atoms with Gasteiger partial charge < -0.3 is 15.4 Å². The van der Waals surface area contributed by atoms with E-state index in [1.165, 1.54) is 24.0 Å². The molecular weight excluding hydrogens is 364 g/mol. The number of nitro groups is 1. The van der Waals surface area contributed by atoms with Crippen molar-refractivity contribution in [3.05, 3.63) is 64.2 Å². The van der Waals surface area contributed by atoms with E-state index in [1.807, 2.05) is 6.07 Å². The molecule has 28 heavy (non-hydrogen) atoms. The maximum atomic E-state index is 12.8. The van der Waals surface area contributed by atoms with Gasteiger partial charge >= 0.3 is 5.97 Å². The number of nitrogens with two attached hydrogens (primary N) is 1. The molecule has 0 unspecified atom stereocenters. The largest absolute Gasteiger partial charge is 0.449 e. The second-order valence-electron chi connectivity index (χ2n) is 5.81. The smallest absolute Gasteiger partial charge is 0.339 e. The highest BCUT2D eigenvalue weighted by molar-refractivity contribution is 5.99. The summed E-state index contributed by atoms with van der Waals surface area (Å²) in [6, 6.07) is 14.2. The molecule has 2 N–H and O–H groups in total. The lowest BCUT2D eigenvalue weighted by Gasteiger charge is -2.25. The van der Waals surface area contributed by atoms with Crippen LogP contribution in [0.3, 0.4) is 0 Å². The van der Waals surface area contributed by atoms with Crippen LogP contribution in [0.25, 0.3) is 0 Å². The van der Waals surface area contributed by atoms with E-state index in [-0.39, 0.29) is 24.2 Å². The lowest BCUT2D eigenvalue weighted by atomic mass is 10.1. The van der Waals surface area contributed by atoms with Gasteiger partial charge in [0.2, 0.25) is 0 Å². The molecule has 2 aromatic rings. The Morgan fingerprint density at radius 1 is 1.29 bits per heavy atom. The molecule has 0 radical (unpaired) electrons. The summed E-state index contributed by atoms with van der Waals surface area (Å²) in [4.78, 5) is 36.7. The van der Waals surface area contributed by atoms with Crippen LogP contribution < -0.4 is 10.6 Å². The molecule has 0 saturated heterocycles. The summed E-state index contributed by atoms with van der Waals surface area (Å²) in [5.74, 6) is -1.41. The first-order chi connectivity index (χ1) is 13.3. The van der Waals surface area contributed by atoms with E-state index in [2.05, 4.69) is 0 Å². The number of nitrogens with zero attached hydrogens (tertiary/aromatic N) is 3. The van der Waals surface area contributed by atoms with Crippen LogP contribution in [0.2, 0.25) is 0 Å². The maximum absolute atomic E-state index is 12.8. The third-order valence-electron chi connectivity index (χ3n) is 3.88. The van der Waals surface area contributed by atoms with Crippen LogP contribution in [0.1, 0.15) is 23.7 Å². The van der Waals surface area contributed by atoms with Crippen molar-refractivity contribution in [2.24, 2.45) is 0 Å². The van der Waals surface area contributed by atoms with Gasteiger partial charge in [0.1, 0.15) is 5.69 Å². The zero-order valence-electron chi connectivity index (χ0n) is 15.1. The van der Waals surface area contributed by atoms with Crippen LogP contribution in [0.15, 0.2) is 48.5 Å². The second-order valence-corrected chi connectivity index (χ2v) is 5.81. The number of carbonyl (C=O) groups excluding carboxylic acids is 2. The van der Waals surface area contributed by atoms with Gasteiger partial charge in [0.25, 0.3) is 11.6 Å². The number of esters is 1. The van der Waals surface area contributed by atoms with Crippen molar-refractivity contribution in [2.45, 2.75) is 19.4 Å². The summed E-state index contributed by atoms with van der Waals surface area (Å²) in [6.45, 7) is 1.53. The molecule has 1 amide bonds. The highest BCUT2D eigenvalue weighted by Gasteiger charge is 2.26. The molecule has 0 saturated carbocycles. The third kappa shape index (κ3) is 4.82.